The molecule has 0 unspecified atom stereocenters. The van der Waals surface area contributed by atoms with E-state index in [1.165, 1.54) is 0 Å². The third kappa shape index (κ3) is 2.50. The maximum absolute atomic E-state index is 11.8. The predicted molar refractivity (Wildman–Crippen MR) is 77.7 cm³/mol. The molecule has 0 atom stereocenters. The van der Waals surface area contributed by atoms with Crippen LogP contribution in [0.3, 0.4) is 0 Å². The van der Waals surface area contributed by atoms with Gasteiger partial charge in [-0.1, -0.05) is 38.1 Å². The lowest BCUT2D eigenvalue weighted by atomic mass is 9.94. The molecule has 21 heavy (non-hydrogen) atoms. The van der Waals surface area contributed by atoms with Crippen molar-refractivity contribution in [2.24, 2.45) is 0 Å². The molecular formula is C16H13N3O2. The van der Waals surface area contributed by atoms with Crippen molar-refractivity contribution in [2.75, 3.05) is 0 Å². The highest BCUT2D eigenvalue weighted by Crippen LogP contribution is 2.30. The van der Waals surface area contributed by atoms with Crippen LogP contribution in [0.1, 0.15) is 36.5 Å². The molecule has 2 aromatic rings. The molecule has 0 saturated carbocycles. The third-order valence-corrected chi connectivity index (χ3v) is 3.29. The summed E-state index contributed by atoms with van der Waals surface area (Å²) in [4.78, 5) is 13.9. The number of hydrogen-bond acceptors (Lipinski definition) is 4. The molecule has 0 aliphatic rings. The van der Waals surface area contributed by atoms with E-state index < -0.39 is 11.4 Å². The van der Waals surface area contributed by atoms with E-state index >= 15 is 0 Å². The molecule has 2 N–H and O–H groups in total. The van der Waals surface area contributed by atoms with Crippen LogP contribution in [0, 0.1) is 22.7 Å². The van der Waals surface area contributed by atoms with Gasteiger partial charge < -0.3 is 5.11 Å². The summed E-state index contributed by atoms with van der Waals surface area (Å²) in [6.45, 7) is 4.10. The van der Waals surface area contributed by atoms with Gasteiger partial charge in [0.2, 0.25) is 5.88 Å². The molecule has 0 fully saturated rings. The lowest BCUT2D eigenvalue weighted by Gasteiger charge is -2.10. The van der Waals surface area contributed by atoms with Crippen LogP contribution in [-0.2, 0) is 0 Å². The van der Waals surface area contributed by atoms with Crippen LogP contribution >= 0.6 is 0 Å². The van der Waals surface area contributed by atoms with E-state index in [0.29, 0.717) is 11.5 Å². The SMILES string of the molecule is CC(C)c1ccc(-c2c(C#N)c(O)[nH]c(=O)c2C#N)cc1. The summed E-state index contributed by atoms with van der Waals surface area (Å²) in [5.74, 6) is -0.179. The molecule has 0 bridgehead atoms. The number of H-pyrrole nitrogens is 1. The van der Waals surface area contributed by atoms with Crippen LogP contribution in [-0.4, -0.2) is 10.1 Å². The Labute approximate surface area is 121 Å². The molecule has 0 radical (unpaired) electrons. The maximum Gasteiger partial charge on any atom is 0.269 e. The molecule has 0 amide bonds. The van der Waals surface area contributed by atoms with E-state index in [4.69, 9.17) is 5.26 Å². The Hall–Kier alpha value is -3.05. The summed E-state index contributed by atoms with van der Waals surface area (Å²) < 4.78 is 0. The minimum atomic E-state index is -0.711. The normalized spacial score (nSPS) is 10.1. The molecule has 104 valence electrons. The van der Waals surface area contributed by atoms with Gasteiger partial charge in [-0.05, 0) is 17.0 Å². The number of hydrogen-bond donors (Lipinski definition) is 2. The topological polar surface area (TPSA) is 101 Å². The lowest BCUT2D eigenvalue weighted by Crippen LogP contribution is -2.13. The molecule has 0 aliphatic carbocycles. The monoisotopic (exact) mass is 279 g/mol. The molecule has 5 heteroatoms. The molecule has 5 nitrogen and oxygen atoms in total. The first-order valence-corrected chi connectivity index (χ1v) is 6.39. The van der Waals surface area contributed by atoms with Crippen molar-refractivity contribution in [1.29, 1.82) is 10.5 Å². The van der Waals surface area contributed by atoms with Gasteiger partial charge in [0.05, 0.1) is 0 Å². The molecule has 0 saturated heterocycles. The molecule has 1 heterocycles. The average molecular weight is 279 g/mol. The lowest BCUT2D eigenvalue weighted by molar-refractivity contribution is 0.450. The summed E-state index contributed by atoms with van der Waals surface area (Å²) in [7, 11) is 0. The number of nitrogens with zero attached hydrogens (tertiary/aromatic N) is 2. The van der Waals surface area contributed by atoms with Crippen molar-refractivity contribution in [3.8, 4) is 29.1 Å². The number of aromatic amines is 1. The van der Waals surface area contributed by atoms with Gasteiger partial charge in [-0.25, -0.2) is 0 Å². The van der Waals surface area contributed by atoms with Gasteiger partial charge in [0.1, 0.15) is 23.3 Å². The predicted octanol–water partition coefficient (Wildman–Crippen LogP) is 2.61. The molecule has 0 aliphatic heterocycles. The highest BCUT2D eigenvalue weighted by molar-refractivity contribution is 5.77. The number of nitrogens with one attached hydrogen (secondary N) is 1. The minimum Gasteiger partial charge on any atom is -0.494 e. The van der Waals surface area contributed by atoms with E-state index in [1.54, 1.807) is 18.2 Å². The van der Waals surface area contributed by atoms with Gasteiger partial charge >= 0.3 is 0 Å². The summed E-state index contributed by atoms with van der Waals surface area (Å²) in [5.41, 5.74) is 0.817. The largest absolute Gasteiger partial charge is 0.494 e. The second-order valence-corrected chi connectivity index (χ2v) is 4.93. The van der Waals surface area contributed by atoms with Crippen molar-refractivity contribution in [2.45, 2.75) is 19.8 Å². The quantitative estimate of drug-likeness (QED) is 0.882. The molecule has 2 rings (SSSR count). The number of aromatic nitrogens is 1. The fourth-order valence-electron chi connectivity index (χ4n) is 2.13. The first-order valence-electron chi connectivity index (χ1n) is 6.39. The molecule has 0 spiro atoms. The zero-order chi connectivity index (χ0) is 15.6. The van der Waals surface area contributed by atoms with Crippen LogP contribution in [0.4, 0.5) is 0 Å². The smallest absolute Gasteiger partial charge is 0.269 e. The zero-order valence-electron chi connectivity index (χ0n) is 11.6. The van der Waals surface area contributed by atoms with E-state index in [0.717, 1.165) is 5.56 Å². The number of aromatic hydroxyl groups is 1. The van der Waals surface area contributed by atoms with Gasteiger partial charge in [0.25, 0.3) is 5.56 Å². The molecule has 1 aromatic heterocycles. The number of rotatable bonds is 2. The fourth-order valence-corrected chi connectivity index (χ4v) is 2.13. The van der Waals surface area contributed by atoms with Gasteiger partial charge in [0, 0.05) is 5.56 Å². The first kappa shape index (κ1) is 14.4. The Morgan fingerprint density at radius 1 is 1.10 bits per heavy atom. The van der Waals surface area contributed by atoms with Crippen LogP contribution in [0.15, 0.2) is 29.1 Å². The number of nitriles is 2. The zero-order valence-corrected chi connectivity index (χ0v) is 11.6. The van der Waals surface area contributed by atoms with Crippen molar-refractivity contribution in [3.05, 3.63) is 51.3 Å². The Morgan fingerprint density at radius 2 is 1.67 bits per heavy atom. The van der Waals surface area contributed by atoms with E-state index in [9.17, 15) is 15.2 Å². The van der Waals surface area contributed by atoms with Gasteiger partial charge in [-0.15, -0.1) is 0 Å². The number of pyridine rings is 1. The molecule has 1 aromatic carbocycles. The third-order valence-electron chi connectivity index (χ3n) is 3.29. The Balaban J connectivity index is 2.77. The Morgan fingerprint density at radius 3 is 2.14 bits per heavy atom. The Kier molecular flexibility index (Phi) is 3.77. The van der Waals surface area contributed by atoms with Crippen molar-refractivity contribution >= 4 is 0 Å². The van der Waals surface area contributed by atoms with Gasteiger partial charge in [0.15, 0.2) is 0 Å². The van der Waals surface area contributed by atoms with Crippen LogP contribution in [0.25, 0.3) is 11.1 Å². The van der Waals surface area contributed by atoms with E-state index in [1.807, 2.05) is 18.2 Å². The highest BCUT2D eigenvalue weighted by Gasteiger charge is 2.19. The average Bonchev–Trinajstić information content (AvgIpc) is 2.46. The van der Waals surface area contributed by atoms with Crippen molar-refractivity contribution in [3.63, 3.8) is 0 Å². The summed E-state index contributed by atoms with van der Waals surface area (Å²) in [5, 5.41) is 28.0. The summed E-state index contributed by atoms with van der Waals surface area (Å²) in [6.07, 6.45) is 0. The van der Waals surface area contributed by atoms with Gasteiger partial charge in [-0.3, -0.25) is 9.78 Å². The van der Waals surface area contributed by atoms with Crippen LogP contribution in [0.2, 0.25) is 0 Å². The fraction of sp³-hybridized carbons (Fsp3) is 0.188. The first-order chi connectivity index (χ1) is 9.99. The van der Waals surface area contributed by atoms with E-state index in [-0.39, 0.29) is 16.7 Å². The number of benzene rings is 1. The minimum absolute atomic E-state index is 0.108. The van der Waals surface area contributed by atoms with Crippen LogP contribution in [0.5, 0.6) is 5.88 Å². The highest BCUT2D eigenvalue weighted by atomic mass is 16.3. The second-order valence-electron chi connectivity index (χ2n) is 4.93. The van der Waals surface area contributed by atoms with E-state index in [2.05, 4.69) is 18.8 Å². The summed E-state index contributed by atoms with van der Waals surface area (Å²) in [6, 6.07) is 10.9. The second kappa shape index (κ2) is 5.52. The van der Waals surface area contributed by atoms with Crippen LogP contribution < -0.4 is 5.56 Å². The standard InChI is InChI=1S/C16H13N3O2/c1-9(2)10-3-5-11(6-4-10)14-12(7-17)15(20)19-16(21)13(14)8-18/h3-6,9H,1-2H3,(H2,19,20,21). The maximum atomic E-state index is 11.8. The molecular weight excluding hydrogens is 266 g/mol. The Bertz CT molecular complexity index is 819. The van der Waals surface area contributed by atoms with Crippen molar-refractivity contribution in [1.82, 2.24) is 4.98 Å². The summed E-state index contributed by atoms with van der Waals surface area (Å²) >= 11 is 0. The van der Waals surface area contributed by atoms with Gasteiger partial charge in [-0.2, -0.15) is 10.5 Å². The van der Waals surface area contributed by atoms with Crippen molar-refractivity contribution < 1.29 is 5.11 Å².